The molecule has 3 heterocycles. The molecular weight excluding hydrogens is 321 g/mol. The molecule has 1 fully saturated rings. The van der Waals surface area contributed by atoms with Crippen LogP contribution in [-0.4, -0.2) is 59.3 Å². The molecule has 10 heteroatoms. The van der Waals surface area contributed by atoms with Gasteiger partial charge >= 0.3 is 6.08 Å². The molecule has 9 nitrogen and oxygen atoms in total. The number of rotatable bonds is 5. The van der Waals surface area contributed by atoms with E-state index in [-0.39, 0.29) is 17.0 Å². The molecule has 0 bridgehead atoms. The van der Waals surface area contributed by atoms with E-state index in [1.165, 1.54) is 10.9 Å². The summed E-state index contributed by atoms with van der Waals surface area (Å²) < 4.78 is 20.6. The molecule has 0 aliphatic carbocycles. The molecule has 132 valence electrons. The second-order valence-corrected chi connectivity index (χ2v) is 5.97. The highest BCUT2D eigenvalue weighted by Gasteiger charge is 2.54. The number of nitrogens with two attached hydrogens (primary N) is 1. The lowest BCUT2D eigenvalue weighted by Gasteiger charge is -2.29. The van der Waals surface area contributed by atoms with Gasteiger partial charge in [0.1, 0.15) is 17.8 Å². The number of imidazole rings is 1. The quantitative estimate of drug-likeness (QED) is 0.544. The van der Waals surface area contributed by atoms with Gasteiger partial charge in [0, 0.05) is 0 Å². The van der Waals surface area contributed by atoms with Crippen molar-refractivity contribution in [3.63, 3.8) is 0 Å². The second-order valence-electron chi connectivity index (χ2n) is 5.97. The van der Waals surface area contributed by atoms with Gasteiger partial charge in [0.05, 0.1) is 12.9 Å². The van der Waals surface area contributed by atoms with E-state index in [2.05, 4.69) is 15.0 Å². The van der Waals surface area contributed by atoms with E-state index in [1.807, 2.05) is 6.92 Å². The number of hydrogen-bond donors (Lipinski definition) is 4. The summed E-state index contributed by atoms with van der Waals surface area (Å²) in [7, 11) is 0. The van der Waals surface area contributed by atoms with Crippen LogP contribution in [0.25, 0.3) is 11.2 Å². The Labute approximate surface area is 136 Å². The van der Waals surface area contributed by atoms with Crippen LogP contribution in [0.5, 0.6) is 0 Å². The zero-order valence-electron chi connectivity index (χ0n) is 13.1. The van der Waals surface area contributed by atoms with E-state index in [9.17, 15) is 19.7 Å². The SMILES string of the molecule is CCCC[C@]1(CO)O[C@@H](n2cnc3c(N)nc(F)nc32)[C@H](O)[C@@H]1O. The summed E-state index contributed by atoms with van der Waals surface area (Å²) in [4.78, 5) is 11.0. The van der Waals surface area contributed by atoms with Crippen LogP contribution in [0.2, 0.25) is 0 Å². The molecule has 0 saturated carbocycles. The molecule has 2 aromatic heterocycles. The minimum absolute atomic E-state index is 0.0421. The van der Waals surface area contributed by atoms with Crippen LogP contribution >= 0.6 is 0 Å². The lowest BCUT2D eigenvalue weighted by molar-refractivity contribution is -0.132. The largest absolute Gasteiger partial charge is 0.393 e. The molecule has 3 rings (SSSR count). The molecule has 1 aliphatic heterocycles. The Bertz CT molecular complexity index is 741. The number of hydrogen-bond acceptors (Lipinski definition) is 8. The van der Waals surface area contributed by atoms with Gasteiger partial charge < -0.3 is 25.8 Å². The Morgan fingerprint density at radius 2 is 2.17 bits per heavy atom. The van der Waals surface area contributed by atoms with E-state index < -0.39 is 36.7 Å². The van der Waals surface area contributed by atoms with Gasteiger partial charge in [-0.3, -0.25) is 4.57 Å². The van der Waals surface area contributed by atoms with Crippen LogP contribution in [0, 0.1) is 6.08 Å². The van der Waals surface area contributed by atoms with E-state index in [0.717, 1.165) is 6.42 Å². The molecular formula is C14H20FN5O4. The Morgan fingerprint density at radius 1 is 1.42 bits per heavy atom. The number of aromatic nitrogens is 4. The number of nitrogens with zero attached hydrogens (tertiary/aromatic N) is 4. The fraction of sp³-hybridized carbons (Fsp3) is 0.643. The van der Waals surface area contributed by atoms with Gasteiger partial charge in [-0.1, -0.05) is 19.8 Å². The third kappa shape index (κ3) is 2.51. The fourth-order valence-corrected chi connectivity index (χ4v) is 3.06. The average Bonchev–Trinajstić information content (AvgIpc) is 3.07. The maximum Gasteiger partial charge on any atom is 0.312 e. The minimum atomic E-state index is -1.34. The molecule has 0 unspecified atom stereocenters. The number of unbranched alkanes of at least 4 members (excludes halogenated alkanes) is 1. The monoisotopic (exact) mass is 341 g/mol. The van der Waals surface area contributed by atoms with Crippen molar-refractivity contribution in [2.24, 2.45) is 0 Å². The Morgan fingerprint density at radius 3 is 2.83 bits per heavy atom. The summed E-state index contributed by atoms with van der Waals surface area (Å²) in [5.74, 6) is -0.135. The van der Waals surface area contributed by atoms with Crippen molar-refractivity contribution in [3.8, 4) is 0 Å². The first kappa shape index (κ1) is 17.0. The normalized spacial score (nSPS) is 30.3. The summed E-state index contributed by atoms with van der Waals surface area (Å²) in [6.07, 6.45) is -1.58. The first-order valence-corrected chi connectivity index (χ1v) is 7.74. The number of aliphatic hydroxyl groups excluding tert-OH is 3. The third-order valence-corrected chi connectivity index (χ3v) is 4.43. The van der Waals surface area contributed by atoms with Crippen molar-refractivity contribution in [2.45, 2.75) is 50.2 Å². The van der Waals surface area contributed by atoms with Gasteiger partial charge in [0.15, 0.2) is 23.2 Å². The molecule has 2 aromatic rings. The number of aliphatic hydroxyl groups is 3. The van der Waals surface area contributed by atoms with Gasteiger partial charge in [0.2, 0.25) is 0 Å². The topological polar surface area (TPSA) is 140 Å². The molecule has 1 aliphatic rings. The van der Waals surface area contributed by atoms with Crippen LogP contribution in [0.15, 0.2) is 6.33 Å². The second kappa shape index (κ2) is 6.20. The summed E-state index contributed by atoms with van der Waals surface area (Å²) in [6.45, 7) is 1.51. The van der Waals surface area contributed by atoms with Crippen LogP contribution < -0.4 is 5.73 Å². The van der Waals surface area contributed by atoms with Crippen LogP contribution in [0.3, 0.4) is 0 Å². The van der Waals surface area contributed by atoms with Crippen molar-refractivity contribution in [3.05, 3.63) is 12.4 Å². The predicted molar refractivity (Wildman–Crippen MR) is 81.2 cm³/mol. The first-order chi connectivity index (χ1) is 11.4. The van der Waals surface area contributed by atoms with E-state index in [0.29, 0.717) is 12.8 Å². The number of fused-ring (bicyclic) bond motifs is 1. The maximum atomic E-state index is 13.5. The minimum Gasteiger partial charge on any atom is -0.393 e. The van der Waals surface area contributed by atoms with Crippen molar-refractivity contribution >= 4 is 17.0 Å². The standard InChI is InChI=1S/C14H20FN5O4/c1-2-3-4-14(5-21)9(23)8(22)12(24-14)20-6-17-7-10(16)18-13(15)19-11(7)20/h6,8-9,12,21-23H,2-5H2,1H3,(H2,16,18,19)/t8-,9+,12-,14-/m1/s1. The fourth-order valence-electron chi connectivity index (χ4n) is 3.06. The lowest BCUT2D eigenvalue weighted by Crippen LogP contribution is -2.46. The maximum absolute atomic E-state index is 13.5. The molecule has 1 saturated heterocycles. The third-order valence-electron chi connectivity index (χ3n) is 4.43. The van der Waals surface area contributed by atoms with Crippen molar-refractivity contribution < 1.29 is 24.4 Å². The number of nitrogen functional groups attached to an aromatic ring is 1. The molecule has 0 radical (unpaired) electrons. The molecule has 24 heavy (non-hydrogen) atoms. The summed E-state index contributed by atoms with van der Waals surface area (Å²) in [6, 6.07) is 0. The number of halogens is 1. The molecule has 4 atom stereocenters. The Hall–Kier alpha value is -1.88. The molecule has 0 aromatic carbocycles. The summed E-state index contributed by atoms with van der Waals surface area (Å²) in [5.41, 5.74) is 4.52. The number of anilines is 1. The van der Waals surface area contributed by atoms with Gasteiger partial charge in [-0.2, -0.15) is 14.4 Å². The first-order valence-electron chi connectivity index (χ1n) is 7.74. The summed E-state index contributed by atoms with van der Waals surface area (Å²) in [5, 5.41) is 30.5. The smallest absolute Gasteiger partial charge is 0.312 e. The Kier molecular flexibility index (Phi) is 4.38. The highest BCUT2D eigenvalue weighted by atomic mass is 19.1. The van der Waals surface area contributed by atoms with E-state index in [4.69, 9.17) is 10.5 Å². The predicted octanol–water partition coefficient (Wildman–Crippen LogP) is -0.280. The van der Waals surface area contributed by atoms with Gasteiger partial charge in [0.25, 0.3) is 0 Å². The summed E-state index contributed by atoms with van der Waals surface area (Å²) >= 11 is 0. The van der Waals surface area contributed by atoms with Gasteiger partial charge in [-0.15, -0.1) is 0 Å². The van der Waals surface area contributed by atoms with Gasteiger partial charge in [-0.25, -0.2) is 4.98 Å². The van der Waals surface area contributed by atoms with E-state index >= 15 is 0 Å². The lowest BCUT2D eigenvalue weighted by atomic mass is 9.90. The average molecular weight is 341 g/mol. The highest BCUT2D eigenvalue weighted by molar-refractivity contribution is 5.81. The van der Waals surface area contributed by atoms with Crippen molar-refractivity contribution in [2.75, 3.05) is 12.3 Å². The molecule has 0 amide bonds. The zero-order chi connectivity index (χ0) is 17.5. The van der Waals surface area contributed by atoms with Gasteiger partial charge in [-0.05, 0) is 6.42 Å². The van der Waals surface area contributed by atoms with Crippen molar-refractivity contribution in [1.29, 1.82) is 0 Å². The van der Waals surface area contributed by atoms with Crippen LogP contribution in [-0.2, 0) is 4.74 Å². The van der Waals surface area contributed by atoms with Crippen LogP contribution in [0.1, 0.15) is 32.4 Å². The molecule has 5 N–H and O–H groups in total. The zero-order valence-corrected chi connectivity index (χ0v) is 13.1. The van der Waals surface area contributed by atoms with E-state index in [1.54, 1.807) is 0 Å². The number of ether oxygens (including phenoxy) is 1. The van der Waals surface area contributed by atoms with Crippen molar-refractivity contribution in [1.82, 2.24) is 19.5 Å². The van der Waals surface area contributed by atoms with Crippen LogP contribution in [0.4, 0.5) is 10.2 Å². The highest BCUT2D eigenvalue weighted by Crippen LogP contribution is 2.41. The Balaban J connectivity index is 2.01. The molecule has 0 spiro atoms.